The van der Waals surface area contributed by atoms with Crippen LogP contribution in [-0.2, 0) is 10.9 Å². The molecule has 0 aliphatic heterocycles. The Morgan fingerprint density at radius 2 is 2.06 bits per heavy atom. The van der Waals surface area contributed by atoms with Gasteiger partial charge in [0.15, 0.2) is 5.69 Å². The van der Waals surface area contributed by atoms with Crippen LogP contribution >= 0.6 is 0 Å². The molecule has 0 aliphatic carbocycles. The smallest absolute Gasteiger partial charge is 0.385 e. The Balaban J connectivity index is 2.58. The summed E-state index contributed by atoms with van der Waals surface area (Å²) in [4.78, 5) is 6.83. The molecule has 0 amide bonds. The second kappa shape index (κ2) is 6.39. The van der Waals surface area contributed by atoms with Gasteiger partial charge in [0.1, 0.15) is 5.82 Å². The summed E-state index contributed by atoms with van der Waals surface area (Å²) in [7, 11) is 1.59. The predicted octanol–water partition coefficient (Wildman–Crippen LogP) is 1.92. The number of methoxy groups -OCH3 is 1. The van der Waals surface area contributed by atoms with Gasteiger partial charge in [0.05, 0.1) is 0 Å². The summed E-state index contributed by atoms with van der Waals surface area (Å²) in [5, 5.41) is 2.77. The van der Waals surface area contributed by atoms with Gasteiger partial charge in [-0.05, 0) is 12.8 Å². The molecule has 0 bridgehead atoms. The molecule has 0 aliphatic rings. The van der Waals surface area contributed by atoms with Crippen LogP contribution in [0.4, 0.5) is 24.9 Å². The lowest BCUT2D eigenvalue weighted by molar-refractivity contribution is -0.141. The van der Waals surface area contributed by atoms with Gasteiger partial charge in [0.2, 0.25) is 5.95 Å². The van der Waals surface area contributed by atoms with Crippen LogP contribution in [0, 0.1) is 0 Å². The predicted molar refractivity (Wildman–Crippen MR) is 61.0 cm³/mol. The highest BCUT2D eigenvalue weighted by molar-refractivity contribution is 5.41. The van der Waals surface area contributed by atoms with Crippen molar-refractivity contribution in [3.05, 3.63) is 11.8 Å². The summed E-state index contributed by atoms with van der Waals surface area (Å²) < 4.78 is 42.2. The molecule has 0 saturated carbocycles. The van der Waals surface area contributed by atoms with E-state index in [-0.39, 0.29) is 5.82 Å². The number of alkyl halides is 3. The Morgan fingerprint density at radius 1 is 1.33 bits per heavy atom. The lowest BCUT2D eigenvalue weighted by Gasteiger charge is -2.10. The molecule has 3 N–H and O–H groups in total. The zero-order valence-electron chi connectivity index (χ0n) is 9.92. The van der Waals surface area contributed by atoms with Crippen molar-refractivity contribution in [2.45, 2.75) is 19.0 Å². The number of hydrogen-bond donors (Lipinski definition) is 2. The Kier molecular flexibility index (Phi) is 5.14. The molecule has 0 radical (unpaired) electrons. The third-order valence-electron chi connectivity index (χ3n) is 2.12. The summed E-state index contributed by atoms with van der Waals surface area (Å²) in [6, 6.07) is 0.840. The number of ether oxygens (including phenoxy) is 1. The number of aromatic nitrogens is 2. The zero-order chi connectivity index (χ0) is 13.6. The standard InChI is InChI=1S/C10H15F3N4O/c1-18-5-3-2-4-15-8-6-7(10(11,12)13)16-9(14)17-8/h6H,2-5H2,1H3,(H3,14,15,16,17). The third kappa shape index (κ3) is 4.74. The quantitative estimate of drug-likeness (QED) is 0.768. The molecule has 8 heteroatoms. The number of nitrogens with two attached hydrogens (primary N) is 1. The van der Waals surface area contributed by atoms with E-state index >= 15 is 0 Å². The summed E-state index contributed by atoms with van der Waals surface area (Å²) in [6.45, 7) is 1.11. The first-order valence-electron chi connectivity index (χ1n) is 5.38. The number of anilines is 2. The summed E-state index contributed by atoms with van der Waals surface area (Å²) in [5.74, 6) is -0.323. The van der Waals surface area contributed by atoms with Crippen LogP contribution in [-0.4, -0.2) is 30.2 Å². The molecule has 0 fully saturated rings. The Morgan fingerprint density at radius 3 is 2.67 bits per heavy atom. The van der Waals surface area contributed by atoms with E-state index in [0.717, 1.165) is 18.9 Å². The molecule has 1 aromatic rings. The summed E-state index contributed by atoms with van der Waals surface area (Å²) >= 11 is 0. The number of nitrogens with zero attached hydrogens (tertiary/aromatic N) is 2. The van der Waals surface area contributed by atoms with Gasteiger partial charge < -0.3 is 15.8 Å². The monoisotopic (exact) mass is 264 g/mol. The van der Waals surface area contributed by atoms with Crippen molar-refractivity contribution in [1.29, 1.82) is 0 Å². The van der Waals surface area contributed by atoms with Crippen molar-refractivity contribution < 1.29 is 17.9 Å². The van der Waals surface area contributed by atoms with E-state index in [9.17, 15) is 13.2 Å². The maximum absolute atomic E-state index is 12.4. The van der Waals surface area contributed by atoms with Gasteiger partial charge in [0, 0.05) is 26.3 Å². The van der Waals surface area contributed by atoms with Gasteiger partial charge in [-0.3, -0.25) is 0 Å². The van der Waals surface area contributed by atoms with Crippen LogP contribution in [0.25, 0.3) is 0 Å². The lowest BCUT2D eigenvalue weighted by atomic mass is 10.3. The molecule has 102 valence electrons. The van der Waals surface area contributed by atoms with Crippen LogP contribution in [0.15, 0.2) is 6.07 Å². The minimum Gasteiger partial charge on any atom is -0.385 e. The SMILES string of the molecule is COCCCCNc1cc(C(F)(F)F)nc(N)n1. The zero-order valence-corrected chi connectivity index (χ0v) is 9.92. The van der Waals surface area contributed by atoms with Crippen LogP contribution in [0.5, 0.6) is 0 Å². The number of rotatable bonds is 6. The van der Waals surface area contributed by atoms with E-state index in [1.54, 1.807) is 7.11 Å². The molecular weight excluding hydrogens is 249 g/mol. The fourth-order valence-electron chi connectivity index (χ4n) is 1.29. The van der Waals surface area contributed by atoms with Crippen LogP contribution in [0.1, 0.15) is 18.5 Å². The average Bonchev–Trinajstić information content (AvgIpc) is 2.27. The highest BCUT2D eigenvalue weighted by atomic mass is 19.4. The largest absolute Gasteiger partial charge is 0.433 e. The highest BCUT2D eigenvalue weighted by Crippen LogP contribution is 2.29. The van der Waals surface area contributed by atoms with E-state index in [1.165, 1.54) is 0 Å². The number of halogens is 3. The summed E-state index contributed by atoms with van der Waals surface area (Å²) in [5.41, 5.74) is 4.18. The molecule has 1 heterocycles. The first kappa shape index (κ1) is 14.5. The highest BCUT2D eigenvalue weighted by Gasteiger charge is 2.33. The van der Waals surface area contributed by atoms with Crippen molar-refractivity contribution >= 4 is 11.8 Å². The Hall–Kier alpha value is -1.57. The lowest BCUT2D eigenvalue weighted by Crippen LogP contribution is -2.13. The van der Waals surface area contributed by atoms with Crippen LogP contribution in [0.2, 0.25) is 0 Å². The molecule has 1 aromatic heterocycles. The number of nitrogens with one attached hydrogen (secondary N) is 1. The van der Waals surface area contributed by atoms with Crippen molar-refractivity contribution in [1.82, 2.24) is 9.97 Å². The molecule has 5 nitrogen and oxygen atoms in total. The number of nitrogen functional groups attached to an aromatic ring is 1. The number of unbranched alkanes of at least 4 members (excludes halogenated alkanes) is 1. The minimum absolute atomic E-state index is 0.0761. The van der Waals surface area contributed by atoms with Crippen molar-refractivity contribution in [2.24, 2.45) is 0 Å². The molecule has 0 spiro atoms. The van der Waals surface area contributed by atoms with Gasteiger partial charge in [-0.2, -0.15) is 18.2 Å². The van der Waals surface area contributed by atoms with E-state index in [0.29, 0.717) is 13.2 Å². The Bertz CT molecular complexity index is 384. The van der Waals surface area contributed by atoms with E-state index in [2.05, 4.69) is 15.3 Å². The topological polar surface area (TPSA) is 73.1 Å². The molecule has 1 rings (SSSR count). The van der Waals surface area contributed by atoms with Gasteiger partial charge >= 0.3 is 6.18 Å². The minimum atomic E-state index is -4.52. The third-order valence-corrected chi connectivity index (χ3v) is 2.12. The molecule has 0 saturated heterocycles. The fourth-order valence-corrected chi connectivity index (χ4v) is 1.29. The first-order chi connectivity index (χ1) is 8.43. The maximum Gasteiger partial charge on any atom is 0.433 e. The Labute approximate surface area is 103 Å². The van der Waals surface area contributed by atoms with Gasteiger partial charge in [-0.15, -0.1) is 0 Å². The van der Waals surface area contributed by atoms with E-state index < -0.39 is 17.8 Å². The fraction of sp³-hybridized carbons (Fsp3) is 0.600. The van der Waals surface area contributed by atoms with E-state index in [1.807, 2.05) is 0 Å². The van der Waals surface area contributed by atoms with E-state index in [4.69, 9.17) is 10.5 Å². The molecule has 0 unspecified atom stereocenters. The van der Waals surface area contributed by atoms with Crippen LogP contribution < -0.4 is 11.1 Å². The second-order valence-corrected chi connectivity index (χ2v) is 3.62. The van der Waals surface area contributed by atoms with Gasteiger partial charge in [-0.1, -0.05) is 0 Å². The van der Waals surface area contributed by atoms with Gasteiger partial charge in [-0.25, -0.2) is 4.98 Å². The average molecular weight is 264 g/mol. The molecule has 18 heavy (non-hydrogen) atoms. The number of hydrogen-bond acceptors (Lipinski definition) is 5. The molecule has 0 aromatic carbocycles. The van der Waals surface area contributed by atoms with Gasteiger partial charge in [0.25, 0.3) is 0 Å². The normalized spacial score (nSPS) is 11.6. The van der Waals surface area contributed by atoms with Crippen molar-refractivity contribution in [2.75, 3.05) is 31.3 Å². The maximum atomic E-state index is 12.4. The molecule has 0 atom stereocenters. The molecular formula is C10H15F3N4O. The first-order valence-corrected chi connectivity index (χ1v) is 5.38. The van der Waals surface area contributed by atoms with Crippen molar-refractivity contribution in [3.8, 4) is 0 Å². The second-order valence-electron chi connectivity index (χ2n) is 3.62. The van der Waals surface area contributed by atoms with Crippen LogP contribution in [0.3, 0.4) is 0 Å². The van der Waals surface area contributed by atoms with Crippen molar-refractivity contribution in [3.63, 3.8) is 0 Å². The summed E-state index contributed by atoms with van der Waals surface area (Å²) in [6.07, 6.45) is -2.95.